The number of amides is 3. The van der Waals surface area contributed by atoms with Crippen LogP contribution in [0.3, 0.4) is 0 Å². The molecule has 0 spiro atoms. The molecule has 0 saturated heterocycles. The maximum Gasteiger partial charge on any atom is 0.408 e. The minimum absolute atomic E-state index is 0.00652. The van der Waals surface area contributed by atoms with Gasteiger partial charge >= 0.3 is 6.09 Å². The van der Waals surface area contributed by atoms with Gasteiger partial charge in [0.05, 0.1) is 6.07 Å². The molecule has 1 aliphatic rings. The maximum absolute atomic E-state index is 13.9. The van der Waals surface area contributed by atoms with E-state index < -0.39 is 29.7 Å². The van der Waals surface area contributed by atoms with Crippen molar-refractivity contribution < 1.29 is 19.1 Å². The Morgan fingerprint density at radius 2 is 1.89 bits per heavy atom. The molecule has 200 valence electrons. The summed E-state index contributed by atoms with van der Waals surface area (Å²) in [6.45, 7) is 4.84. The average Bonchev–Trinajstić information content (AvgIpc) is 2.85. The molecule has 0 bridgehead atoms. The number of terminal acetylenes is 1. The lowest BCUT2D eigenvalue weighted by molar-refractivity contribution is -0.142. The van der Waals surface area contributed by atoms with Crippen LogP contribution < -0.4 is 10.6 Å². The number of hydrogen-bond donors (Lipinski definition) is 2. The van der Waals surface area contributed by atoms with Crippen molar-refractivity contribution in [1.29, 1.82) is 5.26 Å². The number of alkyl carbamates (subject to hydrolysis) is 1. The highest BCUT2D eigenvalue weighted by atomic mass is 32.2. The summed E-state index contributed by atoms with van der Waals surface area (Å²) in [6.07, 6.45) is 12.1. The molecule has 1 aromatic rings. The zero-order valence-corrected chi connectivity index (χ0v) is 23.0. The summed E-state index contributed by atoms with van der Waals surface area (Å²) in [5.74, 6) is 2.24. The molecule has 2 unspecified atom stereocenters. The van der Waals surface area contributed by atoms with Crippen LogP contribution in [-0.2, 0) is 14.3 Å². The van der Waals surface area contributed by atoms with E-state index >= 15 is 0 Å². The third kappa shape index (κ3) is 9.33. The summed E-state index contributed by atoms with van der Waals surface area (Å²) >= 11 is 1.52. The van der Waals surface area contributed by atoms with Crippen LogP contribution in [0.1, 0.15) is 76.5 Å². The van der Waals surface area contributed by atoms with Crippen molar-refractivity contribution >= 4 is 29.7 Å². The molecule has 1 fully saturated rings. The largest absolute Gasteiger partial charge is 0.444 e. The van der Waals surface area contributed by atoms with E-state index in [1.54, 1.807) is 45.0 Å². The van der Waals surface area contributed by atoms with Gasteiger partial charge < -0.3 is 20.3 Å². The molecule has 2 atom stereocenters. The Balaban J connectivity index is 2.47. The highest BCUT2D eigenvalue weighted by Gasteiger charge is 2.37. The van der Waals surface area contributed by atoms with Crippen molar-refractivity contribution in [2.24, 2.45) is 0 Å². The molecule has 3 amide bonds. The van der Waals surface area contributed by atoms with Gasteiger partial charge in [-0.1, -0.05) is 43.4 Å². The van der Waals surface area contributed by atoms with E-state index in [1.165, 1.54) is 16.7 Å². The van der Waals surface area contributed by atoms with Crippen LogP contribution in [0.5, 0.6) is 0 Å². The molecule has 1 aromatic carbocycles. The van der Waals surface area contributed by atoms with Crippen molar-refractivity contribution in [1.82, 2.24) is 15.5 Å². The number of carbonyl (C=O) groups is 3. The topological polar surface area (TPSA) is 112 Å². The first-order valence-electron chi connectivity index (χ1n) is 12.6. The number of nitrogens with one attached hydrogen (secondary N) is 2. The van der Waals surface area contributed by atoms with Crippen LogP contribution in [0.4, 0.5) is 4.79 Å². The van der Waals surface area contributed by atoms with Crippen LogP contribution in [0.15, 0.2) is 24.3 Å². The first-order valence-corrected chi connectivity index (χ1v) is 14.0. The summed E-state index contributed by atoms with van der Waals surface area (Å²) in [4.78, 5) is 41.5. The maximum atomic E-state index is 13.9. The number of hydrogen-bond acceptors (Lipinski definition) is 6. The predicted molar refractivity (Wildman–Crippen MR) is 146 cm³/mol. The third-order valence-corrected chi connectivity index (χ3v) is 6.69. The molecule has 0 aliphatic heterocycles. The van der Waals surface area contributed by atoms with Gasteiger partial charge in [-0.25, -0.2) is 4.79 Å². The lowest BCUT2D eigenvalue weighted by Gasteiger charge is -2.34. The van der Waals surface area contributed by atoms with Crippen molar-refractivity contribution in [3.05, 3.63) is 35.4 Å². The molecule has 0 heterocycles. The summed E-state index contributed by atoms with van der Waals surface area (Å²) in [5, 5.41) is 15.4. The smallest absolute Gasteiger partial charge is 0.408 e. The van der Waals surface area contributed by atoms with E-state index in [9.17, 15) is 19.6 Å². The zero-order chi connectivity index (χ0) is 27.4. The number of benzene rings is 1. The van der Waals surface area contributed by atoms with Gasteiger partial charge in [-0.15, -0.1) is 6.42 Å². The summed E-state index contributed by atoms with van der Waals surface area (Å²) in [5.41, 5.74) is 0.170. The zero-order valence-electron chi connectivity index (χ0n) is 22.2. The Labute approximate surface area is 224 Å². The second kappa shape index (κ2) is 14.5. The lowest BCUT2D eigenvalue weighted by atomic mass is 9.93. The van der Waals surface area contributed by atoms with Gasteiger partial charge in [0.25, 0.3) is 0 Å². The fraction of sp³-hybridized carbons (Fsp3) is 0.571. The van der Waals surface area contributed by atoms with Gasteiger partial charge in [-0.2, -0.15) is 17.0 Å². The molecule has 1 saturated carbocycles. The van der Waals surface area contributed by atoms with Gasteiger partial charge in [0.1, 0.15) is 24.2 Å². The Bertz CT molecular complexity index is 1020. The molecule has 0 radical (unpaired) electrons. The molecule has 9 heteroatoms. The van der Waals surface area contributed by atoms with E-state index in [0.29, 0.717) is 23.3 Å². The van der Waals surface area contributed by atoms with Crippen LogP contribution in [0.2, 0.25) is 0 Å². The van der Waals surface area contributed by atoms with Crippen LogP contribution in [0.25, 0.3) is 0 Å². The molecular formula is C28H38N4O4S. The summed E-state index contributed by atoms with van der Waals surface area (Å²) in [6, 6.07) is 6.82. The molecule has 8 nitrogen and oxygen atoms in total. The second-order valence-electron chi connectivity index (χ2n) is 10.1. The standard InChI is InChI=1S/C28H38N4O4S/c1-6-20-12-10-11-15-22(20)24(25(33)30-21-13-8-7-9-14-21)32(18-17-29)26(34)23(16-19-37-5)31-27(35)36-28(2,3)4/h1,10-12,15,21,23-24H,7-9,13-14,16,18-19H2,2-5H3,(H,30,33)(H,31,35). The fourth-order valence-electron chi connectivity index (χ4n) is 4.36. The second-order valence-corrected chi connectivity index (χ2v) is 11.1. The first kappa shape index (κ1) is 30.1. The summed E-state index contributed by atoms with van der Waals surface area (Å²) in [7, 11) is 0. The minimum atomic E-state index is -1.13. The van der Waals surface area contributed by atoms with Crippen molar-refractivity contribution in [2.75, 3.05) is 18.6 Å². The number of carbonyl (C=O) groups excluding carboxylic acids is 3. The highest BCUT2D eigenvalue weighted by Crippen LogP contribution is 2.27. The molecule has 1 aliphatic carbocycles. The Morgan fingerprint density at radius 3 is 2.49 bits per heavy atom. The SMILES string of the molecule is C#Cc1ccccc1C(C(=O)NC1CCCCC1)N(CC#N)C(=O)C(CCSC)NC(=O)OC(C)(C)C. The van der Waals surface area contributed by atoms with E-state index in [2.05, 4.69) is 16.6 Å². The van der Waals surface area contributed by atoms with Gasteiger partial charge in [0.15, 0.2) is 0 Å². The molecule has 2 N–H and O–H groups in total. The van der Waals surface area contributed by atoms with Gasteiger partial charge in [0.2, 0.25) is 11.8 Å². The Hall–Kier alpha value is -3.17. The van der Waals surface area contributed by atoms with E-state index in [-0.39, 0.29) is 18.5 Å². The Kier molecular flexibility index (Phi) is 11.8. The van der Waals surface area contributed by atoms with Crippen LogP contribution >= 0.6 is 11.8 Å². The van der Waals surface area contributed by atoms with Gasteiger partial charge in [0, 0.05) is 11.6 Å². The average molecular weight is 527 g/mol. The van der Waals surface area contributed by atoms with Crippen molar-refractivity contribution in [2.45, 2.75) is 83.0 Å². The number of nitriles is 1. The fourth-order valence-corrected chi connectivity index (χ4v) is 4.83. The Morgan fingerprint density at radius 1 is 1.22 bits per heavy atom. The van der Waals surface area contributed by atoms with Crippen LogP contribution in [0, 0.1) is 23.7 Å². The number of rotatable bonds is 10. The molecule has 2 rings (SSSR count). The summed E-state index contributed by atoms with van der Waals surface area (Å²) < 4.78 is 5.37. The van der Waals surface area contributed by atoms with E-state index in [0.717, 1.165) is 32.1 Å². The first-order chi connectivity index (χ1) is 17.6. The monoisotopic (exact) mass is 526 g/mol. The molecular weight excluding hydrogens is 488 g/mol. The molecule has 0 aromatic heterocycles. The quantitative estimate of drug-likeness (QED) is 0.350. The van der Waals surface area contributed by atoms with Crippen molar-refractivity contribution in [3.8, 4) is 18.4 Å². The minimum Gasteiger partial charge on any atom is -0.444 e. The number of ether oxygens (including phenoxy) is 1. The van der Waals surface area contributed by atoms with Gasteiger partial charge in [-0.3, -0.25) is 9.59 Å². The van der Waals surface area contributed by atoms with Crippen molar-refractivity contribution in [3.63, 3.8) is 0 Å². The van der Waals surface area contributed by atoms with E-state index in [4.69, 9.17) is 11.2 Å². The van der Waals surface area contributed by atoms with E-state index in [1.807, 2.05) is 12.3 Å². The molecule has 37 heavy (non-hydrogen) atoms. The number of nitrogens with zero attached hydrogens (tertiary/aromatic N) is 2. The van der Waals surface area contributed by atoms with Gasteiger partial charge in [-0.05, 0) is 63.7 Å². The number of thioether (sulfide) groups is 1. The predicted octanol–water partition coefficient (Wildman–Crippen LogP) is 4.16. The third-order valence-electron chi connectivity index (χ3n) is 6.05. The van der Waals surface area contributed by atoms with Crippen LogP contribution in [-0.4, -0.2) is 59.0 Å². The normalized spacial score (nSPS) is 15.4. The highest BCUT2D eigenvalue weighted by molar-refractivity contribution is 7.98. The lowest BCUT2D eigenvalue weighted by Crippen LogP contribution is -2.54.